The molecule has 1 nitrogen and oxygen atoms in total. The van der Waals surface area contributed by atoms with Gasteiger partial charge in [-0.1, -0.05) is 56.4 Å². The summed E-state index contributed by atoms with van der Waals surface area (Å²) in [5.41, 5.74) is 2.66. The van der Waals surface area contributed by atoms with Gasteiger partial charge < -0.3 is 5.32 Å². The van der Waals surface area contributed by atoms with Crippen LogP contribution in [0.5, 0.6) is 0 Å². The fourth-order valence-corrected chi connectivity index (χ4v) is 2.02. The van der Waals surface area contributed by atoms with Crippen LogP contribution in [0.15, 0.2) is 48.6 Å². The molecule has 1 aromatic carbocycles. The summed E-state index contributed by atoms with van der Waals surface area (Å²) in [4.78, 5) is 0. The molecule has 1 atom stereocenters. The van der Waals surface area contributed by atoms with Gasteiger partial charge >= 0.3 is 0 Å². The van der Waals surface area contributed by atoms with Gasteiger partial charge in [0.05, 0.1) is 0 Å². The lowest BCUT2D eigenvalue weighted by molar-refractivity contribution is 0.843. The van der Waals surface area contributed by atoms with E-state index in [1.54, 1.807) is 0 Å². The molecule has 0 aliphatic heterocycles. The largest absolute Gasteiger partial charge is 0.378 e. The predicted octanol–water partition coefficient (Wildman–Crippen LogP) is 4.11. The molecule has 0 radical (unpaired) electrons. The number of benzene rings is 1. The lowest BCUT2D eigenvalue weighted by Crippen LogP contribution is -2.18. The first kappa shape index (κ1) is 11.0. The maximum atomic E-state index is 3.59. The minimum atomic E-state index is 0.435. The highest BCUT2D eigenvalue weighted by atomic mass is 14.9. The van der Waals surface area contributed by atoms with Gasteiger partial charge in [0.25, 0.3) is 0 Å². The summed E-state index contributed by atoms with van der Waals surface area (Å²) in [6.45, 7) is 4.47. The Kier molecular flexibility index (Phi) is 3.45. The van der Waals surface area contributed by atoms with Crippen LogP contribution in [0, 0.1) is 0 Å². The van der Waals surface area contributed by atoms with Crippen molar-refractivity contribution in [2.24, 2.45) is 0 Å². The second kappa shape index (κ2) is 5.02. The fraction of sp³-hybridized carbons (Fsp3) is 0.333. The Balaban J connectivity index is 2.14. The highest BCUT2D eigenvalue weighted by Crippen LogP contribution is 2.25. The first-order valence-electron chi connectivity index (χ1n) is 5.96. The molecule has 0 aromatic heterocycles. The van der Waals surface area contributed by atoms with Crippen LogP contribution in [0.25, 0.3) is 0 Å². The zero-order chi connectivity index (χ0) is 11.4. The standard InChI is InChI=1S/C15H19N/c1-12(2)14-10-6-7-11-15(14)16-13-8-4-3-5-9-13/h3-8,10-13,16H,9H2,1-2H3. The molecule has 84 valence electrons. The first-order chi connectivity index (χ1) is 7.77. The number of hydrogen-bond acceptors (Lipinski definition) is 1. The third kappa shape index (κ3) is 2.54. The van der Waals surface area contributed by atoms with E-state index in [0.717, 1.165) is 6.42 Å². The van der Waals surface area contributed by atoms with Crippen molar-refractivity contribution in [3.8, 4) is 0 Å². The number of anilines is 1. The van der Waals surface area contributed by atoms with Crippen molar-refractivity contribution < 1.29 is 0 Å². The van der Waals surface area contributed by atoms with E-state index in [2.05, 4.69) is 67.7 Å². The minimum absolute atomic E-state index is 0.435. The monoisotopic (exact) mass is 213 g/mol. The van der Waals surface area contributed by atoms with Crippen molar-refractivity contribution in [1.82, 2.24) is 0 Å². The van der Waals surface area contributed by atoms with Crippen molar-refractivity contribution in [2.75, 3.05) is 5.32 Å². The van der Waals surface area contributed by atoms with Crippen LogP contribution < -0.4 is 5.32 Å². The molecule has 0 amide bonds. The van der Waals surface area contributed by atoms with E-state index in [0.29, 0.717) is 12.0 Å². The van der Waals surface area contributed by atoms with Crippen molar-refractivity contribution in [3.63, 3.8) is 0 Å². The number of para-hydroxylation sites is 1. The second-order valence-corrected chi connectivity index (χ2v) is 4.54. The summed E-state index contributed by atoms with van der Waals surface area (Å²) in [7, 11) is 0. The summed E-state index contributed by atoms with van der Waals surface area (Å²) in [6, 6.07) is 9.01. The van der Waals surface area contributed by atoms with Gasteiger partial charge in [0, 0.05) is 11.7 Å². The Morgan fingerprint density at radius 3 is 2.69 bits per heavy atom. The van der Waals surface area contributed by atoms with E-state index < -0.39 is 0 Å². The average Bonchev–Trinajstić information content (AvgIpc) is 2.31. The number of allylic oxidation sites excluding steroid dienone is 2. The van der Waals surface area contributed by atoms with E-state index in [9.17, 15) is 0 Å². The number of rotatable bonds is 3. The summed E-state index contributed by atoms with van der Waals surface area (Å²) in [6.07, 6.45) is 9.71. The fourth-order valence-electron chi connectivity index (χ4n) is 2.02. The van der Waals surface area contributed by atoms with Gasteiger partial charge in [-0.15, -0.1) is 0 Å². The summed E-state index contributed by atoms with van der Waals surface area (Å²) < 4.78 is 0. The van der Waals surface area contributed by atoms with Crippen molar-refractivity contribution in [3.05, 3.63) is 54.1 Å². The van der Waals surface area contributed by atoms with Gasteiger partial charge in [0.15, 0.2) is 0 Å². The molecule has 1 unspecified atom stereocenters. The zero-order valence-corrected chi connectivity index (χ0v) is 9.98. The number of nitrogens with one attached hydrogen (secondary N) is 1. The van der Waals surface area contributed by atoms with Gasteiger partial charge in [0.2, 0.25) is 0 Å². The molecule has 2 rings (SSSR count). The smallest absolute Gasteiger partial charge is 0.0482 e. The molecule has 1 aliphatic rings. The highest BCUT2D eigenvalue weighted by Gasteiger charge is 2.09. The molecule has 1 N–H and O–H groups in total. The normalized spacial score (nSPS) is 19.1. The highest BCUT2D eigenvalue weighted by molar-refractivity contribution is 5.54. The molecular formula is C15H19N. The molecule has 1 aromatic rings. The molecule has 0 saturated heterocycles. The third-order valence-electron chi connectivity index (χ3n) is 2.90. The maximum absolute atomic E-state index is 3.59. The Hall–Kier alpha value is -1.50. The lowest BCUT2D eigenvalue weighted by atomic mass is 10.00. The second-order valence-electron chi connectivity index (χ2n) is 4.54. The predicted molar refractivity (Wildman–Crippen MR) is 70.8 cm³/mol. The Labute approximate surface area is 97.9 Å². The number of hydrogen-bond donors (Lipinski definition) is 1. The van der Waals surface area contributed by atoms with Crippen LogP contribution in [0.1, 0.15) is 31.7 Å². The SMILES string of the molecule is CC(C)c1ccccc1NC1C=CC=CC1. The molecule has 16 heavy (non-hydrogen) atoms. The quantitative estimate of drug-likeness (QED) is 0.796. The maximum Gasteiger partial charge on any atom is 0.0482 e. The Morgan fingerprint density at radius 2 is 2.00 bits per heavy atom. The van der Waals surface area contributed by atoms with Crippen LogP contribution >= 0.6 is 0 Å². The van der Waals surface area contributed by atoms with Crippen molar-refractivity contribution in [1.29, 1.82) is 0 Å². The molecule has 0 spiro atoms. The molecule has 1 heteroatoms. The van der Waals surface area contributed by atoms with Crippen LogP contribution in [0.2, 0.25) is 0 Å². The molecule has 0 saturated carbocycles. The molecule has 0 fully saturated rings. The van der Waals surface area contributed by atoms with Crippen LogP contribution in [0.4, 0.5) is 5.69 Å². The van der Waals surface area contributed by atoms with Gasteiger partial charge in [-0.05, 0) is 24.0 Å². The van der Waals surface area contributed by atoms with Crippen molar-refractivity contribution in [2.45, 2.75) is 32.2 Å². The molecule has 0 bridgehead atoms. The van der Waals surface area contributed by atoms with Gasteiger partial charge in [-0.2, -0.15) is 0 Å². The van der Waals surface area contributed by atoms with E-state index >= 15 is 0 Å². The van der Waals surface area contributed by atoms with Crippen LogP contribution in [-0.4, -0.2) is 6.04 Å². The van der Waals surface area contributed by atoms with E-state index in [-0.39, 0.29) is 0 Å². The van der Waals surface area contributed by atoms with Gasteiger partial charge in [-0.3, -0.25) is 0 Å². The summed E-state index contributed by atoms with van der Waals surface area (Å²) in [5, 5.41) is 3.59. The van der Waals surface area contributed by atoms with Gasteiger partial charge in [-0.25, -0.2) is 0 Å². The van der Waals surface area contributed by atoms with Gasteiger partial charge in [0.1, 0.15) is 0 Å². The van der Waals surface area contributed by atoms with Crippen LogP contribution in [0.3, 0.4) is 0 Å². The average molecular weight is 213 g/mol. The summed E-state index contributed by atoms with van der Waals surface area (Å²) in [5.74, 6) is 0.562. The Bertz CT molecular complexity index is 402. The van der Waals surface area contributed by atoms with E-state index in [1.807, 2.05) is 0 Å². The van der Waals surface area contributed by atoms with E-state index in [1.165, 1.54) is 11.3 Å². The first-order valence-corrected chi connectivity index (χ1v) is 5.96. The van der Waals surface area contributed by atoms with Crippen molar-refractivity contribution >= 4 is 5.69 Å². The Morgan fingerprint density at radius 1 is 1.19 bits per heavy atom. The summed E-state index contributed by atoms with van der Waals surface area (Å²) >= 11 is 0. The zero-order valence-electron chi connectivity index (χ0n) is 9.98. The molecule has 1 aliphatic carbocycles. The van der Waals surface area contributed by atoms with Crippen LogP contribution in [-0.2, 0) is 0 Å². The topological polar surface area (TPSA) is 12.0 Å². The third-order valence-corrected chi connectivity index (χ3v) is 2.90. The lowest BCUT2D eigenvalue weighted by Gasteiger charge is -2.20. The molecular weight excluding hydrogens is 194 g/mol. The molecule has 0 heterocycles. The van der Waals surface area contributed by atoms with E-state index in [4.69, 9.17) is 0 Å². The minimum Gasteiger partial charge on any atom is -0.378 e.